The van der Waals surface area contributed by atoms with Crippen molar-refractivity contribution in [2.75, 3.05) is 0 Å². The summed E-state index contributed by atoms with van der Waals surface area (Å²) in [4.78, 5) is 16.4. The van der Waals surface area contributed by atoms with Crippen molar-refractivity contribution in [3.8, 4) is 11.1 Å². The van der Waals surface area contributed by atoms with Crippen molar-refractivity contribution < 1.29 is 18.7 Å². The summed E-state index contributed by atoms with van der Waals surface area (Å²) in [5, 5.41) is 10.3. The number of carboxylic acid groups (broad SMARTS) is 1. The molecule has 0 fully saturated rings. The molecule has 0 saturated heterocycles. The topological polar surface area (TPSA) is 50.2 Å². The minimum absolute atomic E-state index is 0.234. The van der Waals surface area contributed by atoms with Crippen molar-refractivity contribution in [1.82, 2.24) is 4.98 Å². The number of hydrogen-bond donors (Lipinski definition) is 1. The third-order valence-corrected chi connectivity index (χ3v) is 5.60. The van der Waals surface area contributed by atoms with Crippen molar-refractivity contribution in [2.45, 2.75) is 32.6 Å². The van der Waals surface area contributed by atoms with Crippen LogP contribution in [0.15, 0.2) is 42.5 Å². The lowest BCUT2D eigenvalue weighted by Gasteiger charge is -2.13. The van der Waals surface area contributed by atoms with Gasteiger partial charge < -0.3 is 5.11 Å². The average Bonchev–Trinajstić information content (AvgIpc) is 3.02. The number of benzene rings is 2. The van der Waals surface area contributed by atoms with Gasteiger partial charge >= 0.3 is 5.97 Å². The van der Waals surface area contributed by atoms with Gasteiger partial charge in [0.05, 0.1) is 10.7 Å². The molecule has 0 bridgehead atoms. The predicted octanol–water partition coefficient (Wildman–Crippen LogP) is 5.67. The number of aromatic carboxylic acids is 1. The van der Waals surface area contributed by atoms with E-state index in [1.54, 1.807) is 6.07 Å². The van der Waals surface area contributed by atoms with Crippen LogP contribution in [0.3, 0.4) is 0 Å². The van der Waals surface area contributed by atoms with Crippen molar-refractivity contribution in [3.63, 3.8) is 0 Å². The van der Waals surface area contributed by atoms with Gasteiger partial charge in [-0.2, -0.15) is 0 Å². The van der Waals surface area contributed by atoms with E-state index in [1.165, 1.54) is 17.4 Å². The zero-order valence-corrected chi connectivity index (χ0v) is 16.0. The number of carboxylic acids is 1. The molecule has 0 aliphatic heterocycles. The molecule has 27 heavy (non-hydrogen) atoms. The van der Waals surface area contributed by atoms with Crippen molar-refractivity contribution in [3.05, 3.63) is 75.2 Å². The van der Waals surface area contributed by atoms with E-state index in [9.17, 15) is 18.7 Å². The van der Waals surface area contributed by atoms with Crippen molar-refractivity contribution >= 4 is 17.3 Å². The SMILES string of the molecule is CC(C)(C)c1nc(Cc2cccc(-c3ccc(F)c(F)c3)c2)c(C(=O)O)s1. The molecular formula is C21H19F2NO2S. The predicted molar refractivity (Wildman–Crippen MR) is 102 cm³/mol. The van der Waals surface area contributed by atoms with E-state index in [2.05, 4.69) is 4.98 Å². The summed E-state index contributed by atoms with van der Waals surface area (Å²) >= 11 is 1.20. The van der Waals surface area contributed by atoms with Crippen LogP contribution in [-0.4, -0.2) is 16.1 Å². The smallest absolute Gasteiger partial charge is 0.347 e. The molecule has 0 spiro atoms. The largest absolute Gasteiger partial charge is 0.477 e. The van der Waals surface area contributed by atoms with Gasteiger partial charge in [0.15, 0.2) is 11.6 Å². The molecule has 0 aliphatic carbocycles. The molecule has 3 nitrogen and oxygen atoms in total. The fraction of sp³-hybridized carbons (Fsp3) is 0.238. The van der Waals surface area contributed by atoms with Gasteiger partial charge in [0, 0.05) is 11.8 Å². The molecule has 0 unspecified atom stereocenters. The maximum Gasteiger partial charge on any atom is 0.347 e. The number of aromatic nitrogens is 1. The highest BCUT2D eigenvalue weighted by molar-refractivity contribution is 7.13. The highest BCUT2D eigenvalue weighted by Crippen LogP contribution is 2.31. The summed E-state index contributed by atoms with van der Waals surface area (Å²) in [6.07, 6.45) is 0.353. The summed E-state index contributed by atoms with van der Waals surface area (Å²) in [5.74, 6) is -2.78. The van der Waals surface area contributed by atoms with E-state index in [-0.39, 0.29) is 10.3 Å². The van der Waals surface area contributed by atoms with Gasteiger partial charge in [-0.15, -0.1) is 11.3 Å². The first-order valence-corrected chi connectivity index (χ1v) is 9.24. The molecule has 0 saturated carbocycles. The number of thiazole rings is 1. The lowest BCUT2D eigenvalue weighted by atomic mass is 9.98. The molecule has 6 heteroatoms. The van der Waals surface area contributed by atoms with Gasteiger partial charge in [-0.05, 0) is 28.8 Å². The molecule has 2 aromatic carbocycles. The van der Waals surface area contributed by atoms with Crippen LogP contribution in [0.4, 0.5) is 8.78 Å². The van der Waals surface area contributed by atoms with Crippen molar-refractivity contribution in [2.24, 2.45) is 0 Å². The van der Waals surface area contributed by atoms with Crippen LogP contribution in [0, 0.1) is 11.6 Å². The average molecular weight is 387 g/mol. The van der Waals surface area contributed by atoms with Crippen LogP contribution in [0.25, 0.3) is 11.1 Å². The molecule has 0 radical (unpaired) electrons. The highest BCUT2D eigenvalue weighted by Gasteiger charge is 2.24. The summed E-state index contributed by atoms with van der Waals surface area (Å²) in [7, 11) is 0. The van der Waals surface area contributed by atoms with Crippen LogP contribution in [0.1, 0.15) is 46.7 Å². The lowest BCUT2D eigenvalue weighted by molar-refractivity contribution is 0.0701. The summed E-state index contributed by atoms with van der Waals surface area (Å²) < 4.78 is 26.7. The number of hydrogen-bond acceptors (Lipinski definition) is 3. The zero-order chi connectivity index (χ0) is 19.8. The van der Waals surface area contributed by atoms with Gasteiger partial charge in [0.2, 0.25) is 0 Å². The van der Waals surface area contributed by atoms with E-state index in [1.807, 2.05) is 39.0 Å². The monoisotopic (exact) mass is 387 g/mol. The van der Waals surface area contributed by atoms with Crippen LogP contribution < -0.4 is 0 Å². The Kier molecular flexibility index (Phi) is 5.11. The third-order valence-electron chi connectivity index (χ3n) is 4.08. The minimum Gasteiger partial charge on any atom is -0.477 e. The highest BCUT2D eigenvalue weighted by atomic mass is 32.1. The van der Waals surface area contributed by atoms with E-state index in [0.29, 0.717) is 17.7 Å². The molecule has 0 amide bonds. The fourth-order valence-corrected chi connectivity index (χ4v) is 3.67. The van der Waals surface area contributed by atoms with Crippen LogP contribution in [0.2, 0.25) is 0 Å². The summed E-state index contributed by atoms with van der Waals surface area (Å²) in [6, 6.07) is 11.1. The zero-order valence-electron chi connectivity index (χ0n) is 15.2. The van der Waals surface area contributed by atoms with Gasteiger partial charge in [0.25, 0.3) is 0 Å². The molecule has 0 atom stereocenters. The lowest BCUT2D eigenvalue weighted by Crippen LogP contribution is -2.10. The molecular weight excluding hydrogens is 368 g/mol. The molecule has 3 rings (SSSR count). The standard InChI is InChI=1S/C21H19F2NO2S/c1-21(2,3)20-24-17(18(27-20)19(25)26)10-12-5-4-6-13(9-12)14-7-8-15(22)16(23)11-14/h4-9,11H,10H2,1-3H3,(H,25,26). The quantitative estimate of drug-likeness (QED) is 0.627. The Morgan fingerprint density at radius 2 is 1.78 bits per heavy atom. The van der Waals surface area contributed by atoms with Crippen LogP contribution in [-0.2, 0) is 11.8 Å². The number of carbonyl (C=O) groups is 1. The molecule has 1 heterocycles. The van der Waals surface area contributed by atoms with E-state index in [4.69, 9.17) is 0 Å². The normalized spacial score (nSPS) is 11.6. The van der Waals surface area contributed by atoms with Gasteiger partial charge in [0.1, 0.15) is 4.88 Å². The maximum atomic E-state index is 13.5. The maximum absolute atomic E-state index is 13.5. The molecule has 1 aromatic heterocycles. The first-order valence-electron chi connectivity index (χ1n) is 8.43. The van der Waals surface area contributed by atoms with E-state index in [0.717, 1.165) is 28.3 Å². The fourth-order valence-electron chi connectivity index (χ4n) is 2.69. The number of nitrogens with zero attached hydrogens (tertiary/aromatic N) is 1. The molecule has 1 N–H and O–H groups in total. The van der Waals surface area contributed by atoms with E-state index >= 15 is 0 Å². The summed E-state index contributed by atoms with van der Waals surface area (Å²) in [5.41, 5.74) is 2.42. The van der Waals surface area contributed by atoms with Gasteiger partial charge in [-0.1, -0.05) is 51.1 Å². The summed E-state index contributed by atoms with van der Waals surface area (Å²) in [6.45, 7) is 5.97. The molecule has 3 aromatic rings. The first-order chi connectivity index (χ1) is 12.6. The third kappa shape index (κ3) is 4.22. The first kappa shape index (κ1) is 19.2. The Morgan fingerprint density at radius 1 is 1.07 bits per heavy atom. The molecule has 0 aliphatic rings. The Labute approximate surface area is 160 Å². The van der Waals surface area contributed by atoms with Crippen LogP contribution >= 0.6 is 11.3 Å². The van der Waals surface area contributed by atoms with E-state index < -0.39 is 17.6 Å². The van der Waals surface area contributed by atoms with Crippen molar-refractivity contribution in [1.29, 1.82) is 0 Å². The second-order valence-electron chi connectivity index (χ2n) is 7.36. The number of rotatable bonds is 4. The number of halogens is 2. The Balaban J connectivity index is 1.96. The van der Waals surface area contributed by atoms with Gasteiger partial charge in [-0.25, -0.2) is 18.6 Å². The Bertz CT molecular complexity index is 1010. The second kappa shape index (κ2) is 7.19. The van der Waals surface area contributed by atoms with Gasteiger partial charge in [-0.3, -0.25) is 0 Å². The molecule has 140 valence electrons. The Hall–Kier alpha value is -2.60. The van der Waals surface area contributed by atoms with Crippen LogP contribution in [0.5, 0.6) is 0 Å². The second-order valence-corrected chi connectivity index (χ2v) is 8.36. The Morgan fingerprint density at radius 3 is 2.41 bits per heavy atom. The minimum atomic E-state index is -0.991.